The molecule has 0 radical (unpaired) electrons. The van der Waals surface area contributed by atoms with Crippen LogP contribution in [-0.2, 0) is 9.53 Å². The fourth-order valence-corrected chi connectivity index (χ4v) is 1.46. The van der Waals surface area contributed by atoms with E-state index in [0.717, 1.165) is 12.0 Å². The van der Waals surface area contributed by atoms with Crippen molar-refractivity contribution in [3.8, 4) is 0 Å². The molecule has 1 atom stereocenters. The second-order valence-electron chi connectivity index (χ2n) is 3.77. The van der Waals surface area contributed by atoms with Crippen molar-refractivity contribution in [2.75, 3.05) is 6.61 Å². The lowest BCUT2D eigenvalue weighted by Crippen LogP contribution is -2.02. The number of unbranched alkanes of at least 4 members (excludes halogenated alkanes) is 1. The van der Waals surface area contributed by atoms with Gasteiger partial charge < -0.3 is 9.84 Å². The van der Waals surface area contributed by atoms with Gasteiger partial charge in [0.25, 0.3) is 0 Å². The number of benzene rings is 1. The largest absolute Gasteiger partial charge is 0.481 e. The van der Waals surface area contributed by atoms with Crippen molar-refractivity contribution in [2.45, 2.75) is 32.3 Å². The highest BCUT2D eigenvalue weighted by Crippen LogP contribution is 2.16. The Kier molecular flexibility index (Phi) is 5.57. The van der Waals surface area contributed by atoms with E-state index in [-0.39, 0.29) is 12.5 Å². The molecule has 0 aliphatic rings. The van der Waals surface area contributed by atoms with E-state index in [1.165, 1.54) is 0 Å². The molecule has 0 aromatic heterocycles. The normalized spacial score (nSPS) is 12.3. The number of ether oxygens (including phenoxy) is 1. The molecule has 0 bridgehead atoms. The fraction of sp³-hybridized carbons (Fsp3) is 0.462. The number of aliphatic carboxylic acids is 1. The van der Waals surface area contributed by atoms with E-state index >= 15 is 0 Å². The summed E-state index contributed by atoms with van der Waals surface area (Å²) < 4.78 is 5.62. The van der Waals surface area contributed by atoms with Crippen molar-refractivity contribution in [1.82, 2.24) is 0 Å². The third-order valence-corrected chi connectivity index (χ3v) is 2.42. The Morgan fingerprint density at radius 1 is 1.31 bits per heavy atom. The van der Waals surface area contributed by atoms with Gasteiger partial charge in [-0.3, -0.25) is 4.79 Å². The maximum absolute atomic E-state index is 10.3. The van der Waals surface area contributed by atoms with Crippen molar-refractivity contribution in [1.29, 1.82) is 0 Å². The summed E-state index contributed by atoms with van der Waals surface area (Å²) in [5.41, 5.74) is 1.15. The number of rotatable bonds is 7. The van der Waals surface area contributed by atoms with Crippen LogP contribution in [0.15, 0.2) is 30.3 Å². The first-order chi connectivity index (χ1) is 7.70. The summed E-state index contributed by atoms with van der Waals surface area (Å²) in [5.74, 6) is -0.740. The van der Waals surface area contributed by atoms with Crippen LogP contribution in [0.1, 0.15) is 37.9 Å². The van der Waals surface area contributed by atoms with Crippen molar-refractivity contribution in [2.24, 2.45) is 0 Å². The second-order valence-corrected chi connectivity index (χ2v) is 3.77. The van der Waals surface area contributed by atoms with Crippen LogP contribution >= 0.6 is 0 Å². The molecule has 16 heavy (non-hydrogen) atoms. The molecule has 3 nitrogen and oxygen atoms in total. The number of carboxylic acid groups (broad SMARTS) is 1. The molecule has 1 aromatic carbocycles. The van der Waals surface area contributed by atoms with Crippen LogP contribution in [0.2, 0.25) is 0 Å². The van der Waals surface area contributed by atoms with E-state index < -0.39 is 5.97 Å². The molecule has 1 aromatic rings. The van der Waals surface area contributed by atoms with E-state index in [1.807, 2.05) is 37.3 Å². The molecule has 0 heterocycles. The minimum absolute atomic E-state index is 0.0750. The van der Waals surface area contributed by atoms with Gasteiger partial charge in [0.2, 0.25) is 0 Å². The van der Waals surface area contributed by atoms with Gasteiger partial charge in [0.1, 0.15) is 0 Å². The average Bonchev–Trinajstić information content (AvgIpc) is 2.29. The number of hydrogen-bond donors (Lipinski definition) is 1. The third-order valence-electron chi connectivity index (χ3n) is 2.42. The van der Waals surface area contributed by atoms with Crippen LogP contribution in [-0.4, -0.2) is 17.7 Å². The first-order valence-electron chi connectivity index (χ1n) is 5.58. The highest BCUT2D eigenvalue weighted by atomic mass is 16.5. The van der Waals surface area contributed by atoms with E-state index in [2.05, 4.69) is 0 Å². The summed E-state index contributed by atoms with van der Waals surface area (Å²) in [6.07, 6.45) is 1.77. The highest BCUT2D eigenvalue weighted by molar-refractivity contribution is 5.66. The van der Waals surface area contributed by atoms with Crippen LogP contribution < -0.4 is 0 Å². The molecule has 0 amide bonds. The van der Waals surface area contributed by atoms with E-state index in [0.29, 0.717) is 13.0 Å². The molecule has 88 valence electrons. The standard InChI is InChI=1S/C13H18O3/c1-11(12-7-3-2-4-8-12)16-10-6-5-9-13(14)15/h2-4,7-8,11H,5-6,9-10H2,1H3,(H,14,15). The van der Waals surface area contributed by atoms with Gasteiger partial charge in [-0.2, -0.15) is 0 Å². The molecule has 1 rings (SSSR count). The Labute approximate surface area is 96.1 Å². The zero-order valence-electron chi connectivity index (χ0n) is 9.56. The molecule has 3 heteroatoms. The highest BCUT2D eigenvalue weighted by Gasteiger charge is 2.04. The van der Waals surface area contributed by atoms with Crippen molar-refractivity contribution in [3.05, 3.63) is 35.9 Å². The Morgan fingerprint density at radius 3 is 2.62 bits per heavy atom. The quantitative estimate of drug-likeness (QED) is 0.721. The first-order valence-corrected chi connectivity index (χ1v) is 5.58. The van der Waals surface area contributed by atoms with Gasteiger partial charge >= 0.3 is 5.97 Å². The Hall–Kier alpha value is -1.35. The molecule has 0 saturated carbocycles. The zero-order chi connectivity index (χ0) is 11.8. The summed E-state index contributed by atoms with van der Waals surface area (Å²) in [5, 5.41) is 8.46. The fourth-order valence-electron chi connectivity index (χ4n) is 1.46. The van der Waals surface area contributed by atoms with Crippen LogP contribution in [0, 0.1) is 0 Å². The summed E-state index contributed by atoms with van der Waals surface area (Å²) in [6.45, 7) is 2.62. The molecule has 0 spiro atoms. The van der Waals surface area contributed by atoms with Gasteiger partial charge in [0.15, 0.2) is 0 Å². The molecular weight excluding hydrogens is 204 g/mol. The summed E-state index contributed by atoms with van der Waals surface area (Å²) in [4.78, 5) is 10.3. The van der Waals surface area contributed by atoms with E-state index in [4.69, 9.17) is 9.84 Å². The lowest BCUT2D eigenvalue weighted by atomic mass is 10.1. The number of hydrogen-bond acceptors (Lipinski definition) is 2. The van der Waals surface area contributed by atoms with Gasteiger partial charge in [-0.05, 0) is 25.3 Å². The molecule has 0 aliphatic heterocycles. The molecule has 0 saturated heterocycles. The second kappa shape index (κ2) is 7.01. The van der Waals surface area contributed by atoms with Crippen LogP contribution in [0.3, 0.4) is 0 Å². The molecule has 0 aliphatic carbocycles. The molecule has 1 unspecified atom stereocenters. The minimum Gasteiger partial charge on any atom is -0.481 e. The molecule has 1 N–H and O–H groups in total. The lowest BCUT2D eigenvalue weighted by molar-refractivity contribution is -0.137. The smallest absolute Gasteiger partial charge is 0.303 e. The summed E-state index contributed by atoms with van der Waals surface area (Å²) in [7, 11) is 0. The van der Waals surface area contributed by atoms with Crippen molar-refractivity contribution in [3.63, 3.8) is 0 Å². The number of carboxylic acids is 1. The molecule has 0 fully saturated rings. The predicted octanol–water partition coefficient (Wildman–Crippen LogP) is 3.02. The maximum Gasteiger partial charge on any atom is 0.303 e. The number of carbonyl (C=O) groups is 1. The zero-order valence-corrected chi connectivity index (χ0v) is 9.56. The van der Waals surface area contributed by atoms with Gasteiger partial charge in [0, 0.05) is 13.0 Å². The topological polar surface area (TPSA) is 46.5 Å². The maximum atomic E-state index is 10.3. The monoisotopic (exact) mass is 222 g/mol. The average molecular weight is 222 g/mol. The van der Waals surface area contributed by atoms with Crippen molar-refractivity contribution < 1.29 is 14.6 Å². The van der Waals surface area contributed by atoms with Gasteiger partial charge in [-0.15, -0.1) is 0 Å². The predicted molar refractivity (Wildman–Crippen MR) is 62.3 cm³/mol. The first kappa shape index (κ1) is 12.7. The van der Waals surface area contributed by atoms with Gasteiger partial charge in [0.05, 0.1) is 6.10 Å². The van der Waals surface area contributed by atoms with Crippen LogP contribution in [0.25, 0.3) is 0 Å². The minimum atomic E-state index is -0.740. The van der Waals surface area contributed by atoms with E-state index in [9.17, 15) is 4.79 Å². The SMILES string of the molecule is CC(OCCCCC(=O)O)c1ccccc1. The molecular formula is C13H18O3. The van der Waals surface area contributed by atoms with E-state index in [1.54, 1.807) is 0 Å². The van der Waals surface area contributed by atoms with Gasteiger partial charge in [-0.1, -0.05) is 30.3 Å². The Morgan fingerprint density at radius 2 is 2.00 bits per heavy atom. The Balaban J connectivity index is 2.16. The van der Waals surface area contributed by atoms with Crippen LogP contribution in [0.5, 0.6) is 0 Å². The van der Waals surface area contributed by atoms with Crippen LogP contribution in [0.4, 0.5) is 0 Å². The lowest BCUT2D eigenvalue weighted by Gasteiger charge is -2.12. The van der Waals surface area contributed by atoms with Gasteiger partial charge in [-0.25, -0.2) is 0 Å². The summed E-state index contributed by atoms with van der Waals surface area (Å²) >= 11 is 0. The summed E-state index contributed by atoms with van der Waals surface area (Å²) in [6, 6.07) is 10.0. The third kappa shape index (κ3) is 4.94. The Bertz CT molecular complexity index is 308. The van der Waals surface area contributed by atoms with Crippen molar-refractivity contribution >= 4 is 5.97 Å².